The van der Waals surface area contributed by atoms with Crippen molar-refractivity contribution in [2.45, 2.75) is 40.0 Å². The molecule has 0 aliphatic carbocycles. The van der Waals surface area contributed by atoms with E-state index in [4.69, 9.17) is 0 Å². The Kier molecular flexibility index (Phi) is 6.63. The Morgan fingerprint density at radius 3 is 1.73 bits per heavy atom. The van der Waals surface area contributed by atoms with Gasteiger partial charge in [-0.3, -0.25) is 0 Å². The maximum Gasteiger partial charge on any atom is -0.0142 e. The van der Waals surface area contributed by atoms with Crippen LogP contribution < -0.4 is 0 Å². The molecule has 230 valence electrons. The van der Waals surface area contributed by atoms with Crippen LogP contribution >= 0.6 is 0 Å². The van der Waals surface area contributed by atoms with E-state index in [0.717, 1.165) is 6.42 Å². The molecular weight excluding hydrogens is 577 g/mol. The van der Waals surface area contributed by atoms with E-state index in [1.807, 2.05) is 0 Å². The predicted molar refractivity (Wildman–Crippen MR) is 211 cm³/mol. The molecule has 0 aromatic heterocycles. The van der Waals surface area contributed by atoms with Gasteiger partial charge in [0.05, 0.1) is 0 Å². The van der Waals surface area contributed by atoms with Crippen molar-refractivity contribution >= 4 is 64.6 Å². The standard InChI is InChI=1S/C48H38/c1-5-31-10-11-34-23-41-25-38(15-14-35(41)22-40(34)20-31)44-18-17-39-26-42-21-32(12-13-36(42)28-47(39)30(44)4)33-16-19-46-43(24-33)27-37-8-6-7-9-45(37)48(46)29(2)3/h6-29H,5H2,1-4H3. The second-order valence-corrected chi connectivity index (χ2v) is 13.9. The van der Waals surface area contributed by atoms with Gasteiger partial charge in [-0.2, -0.15) is 0 Å². The highest BCUT2D eigenvalue weighted by atomic mass is 14.2. The Hall–Kier alpha value is -5.46. The van der Waals surface area contributed by atoms with Crippen molar-refractivity contribution in [3.8, 4) is 22.3 Å². The minimum Gasteiger partial charge on any atom is -0.0616 e. The summed E-state index contributed by atoms with van der Waals surface area (Å²) in [6, 6.07) is 52.9. The van der Waals surface area contributed by atoms with Gasteiger partial charge >= 0.3 is 0 Å². The number of rotatable bonds is 4. The Labute approximate surface area is 282 Å². The lowest BCUT2D eigenvalue weighted by Crippen LogP contribution is -1.93. The highest BCUT2D eigenvalue weighted by molar-refractivity contribution is 6.06. The molecule has 0 atom stereocenters. The lowest BCUT2D eigenvalue weighted by Gasteiger charge is -2.16. The molecule has 0 radical (unpaired) electrons. The van der Waals surface area contributed by atoms with E-state index in [0.29, 0.717) is 5.92 Å². The van der Waals surface area contributed by atoms with Crippen LogP contribution in [0, 0.1) is 6.92 Å². The fourth-order valence-electron chi connectivity index (χ4n) is 8.06. The zero-order valence-electron chi connectivity index (χ0n) is 28.1. The van der Waals surface area contributed by atoms with Crippen molar-refractivity contribution in [1.29, 1.82) is 0 Å². The summed E-state index contributed by atoms with van der Waals surface area (Å²) >= 11 is 0. The van der Waals surface area contributed by atoms with Crippen LogP contribution in [0.1, 0.15) is 43.4 Å². The van der Waals surface area contributed by atoms with Crippen molar-refractivity contribution < 1.29 is 0 Å². The monoisotopic (exact) mass is 614 g/mol. The van der Waals surface area contributed by atoms with E-state index >= 15 is 0 Å². The Balaban J connectivity index is 1.11. The maximum atomic E-state index is 2.38. The van der Waals surface area contributed by atoms with E-state index in [2.05, 4.69) is 167 Å². The van der Waals surface area contributed by atoms with Crippen LogP contribution in [-0.4, -0.2) is 0 Å². The molecule has 0 bridgehead atoms. The number of hydrogen-bond acceptors (Lipinski definition) is 0. The lowest BCUT2D eigenvalue weighted by molar-refractivity contribution is 0.885. The zero-order valence-corrected chi connectivity index (χ0v) is 28.1. The molecule has 0 N–H and O–H groups in total. The number of fused-ring (bicyclic) bond motifs is 6. The van der Waals surface area contributed by atoms with Crippen LogP contribution in [0.4, 0.5) is 0 Å². The molecule has 0 nitrogen and oxygen atoms in total. The van der Waals surface area contributed by atoms with Crippen LogP contribution in [0.25, 0.3) is 86.9 Å². The summed E-state index contributed by atoms with van der Waals surface area (Å²) in [6.07, 6.45) is 1.06. The average Bonchev–Trinajstić information content (AvgIpc) is 3.11. The normalized spacial score (nSPS) is 12.0. The Morgan fingerprint density at radius 1 is 0.417 bits per heavy atom. The number of aryl methyl sites for hydroxylation is 2. The van der Waals surface area contributed by atoms with Gasteiger partial charge in [-0.25, -0.2) is 0 Å². The molecule has 9 aromatic rings. The first-order valence-corrected chi connectivity index (χ1v) is 17.3. The number of hydrogen-bond donors (Lipinski definition) is 0. The largest absolute Gasteiger partial charge is 0.0616 e. The minimum atomic E-state index is 0.457. The first kappa shape index (κ1) is 28.7. The van der Waals surface area contributed by atoms with Crippen LogP contribution in [0.15, 0.2) is 140 Å². The van der Waals surface area contributed by atoms with Gasteiger partial charge in [0.2, 0.25) is 0 Å². The van der Waals surface area contributed by atoms with Crippen molar-refractivity contribution in [2.75, 3.05) is 0 Å². The SMILES string of the molecule is CCc1ccc2cc3cc(-c4ccc5cc6cc(-c7ccc8c(C(C)C)c9ccccc9cc8c7)ccc6cc5c4C)ccc3cc2c1. The van der Waals surface area contributed by atoms with Gasteiger partial charge in [-0.15, -0.1) is 0 Å². The summed E-state index contributed by atoms with van der Waals surface area (Å²) in [5, 5.41) is 15.7. The molecule has 0 heteroatoms. The van der Waals surface area contributed by atoms with Crippen LogP contribution in [-0.2, 0) is 6.42 Å². The van der Waals surface area contributed by atoms with Crippen LogP contribution in [0.5, 0.6) is 0 Å². The van der Waals surface area contributed by atoms with E-state index in [1.54, 1.807) is 0 Å². The molecule has 0 heterocycles. The highest BCUT2D eigenvalue weighted by Crippen LogP contribution is 2.38. The van der Waals surface area contributed by atoms with Crippen molar-refractivity contribution in [1.82, 2.24) is 0 Å². The van der Waals surface area contributed by atoms with Gasteiger partial charge in [0, 0.05) is 0 Å². The van der Waals surface area contributed by atoms with E-state index in [-0.39, 0.29) is 0 Å². The molecule has 0 spiro atoms. The summed E-state index contributed by atoms with van der Waals surface area (Å²) in [7, 11) is 0. The van der Waals surface area contributed by atoms with Crippen LogP contribution in [0.3, 0.4) is 0 Å². The Bertz CT molecular complexity index is 2740. The zero-order chi connectivity index (χ0) is 32.5. The molecule has 0 fully saturated rings. The minimum absolute atomic E-state index is 0.457. The van der Waals surface area contributed by atoms with Gasteiger partial charge in [-0.1, -0.05) is 112 Å². The van der Waals surface area contributed by atoms with Gasteiger partial charge < -0.3 is 0 Å². The summed E-state index contributed by atoms with van der Waals surface area (Å²) in [5.41, 5.74) is 9.24. The molecule has 0 aliphatic rings. The lowest BCUT2D eigenvalue weighted by atomic mass is 9.88. The van der Waals surface area contributed by atoms with Crippen molar-refractivity contribution in [2.24, 2.45) is 0 Å². The third kappa shape index (κ3) is 4.67. The number of benzene rings is 9. The third-order valence-corrected chi connectivity index (χ3v) is 10.6. The molecule has 0 saturated carbocycles. The topological polar surface area (TPSA) is 0 Å². The van der Waals surface area contributed by atoms with Gasteiger partial charge in [0.1, 0.15) is 0 Å². The highest BCUT2D eigenvalue weighted by Gasteiger charge is 2.13. The molecule has 0 amide bonds. The first-order valence-electron chi connectivity index (χ1n) is 17.3. The molecule has 0 unspecified atom stereocenters. The molecule has 0 saturated heterocycles. The van der Waals surface area contributed by atoms with Gasteiger partial charge in [-0.05, 0) is 171 Å². The Morgan fingerprint density at radius 2 is 0.958 bits per heavy atom. The second kappa shape index (κ2) is 11.1. The quantitative estimate of drug-likeness (QED) is 0.173. The van der Waals surface area contributed by atoms with Gasteiger partial charge in [0.25, 0.3) is 0 Å². The van der Waals surface area contributed by atoms with Crippen LogP contribution in [0.2, 0.25) is 0 Å². The van der Waals surface area contributed by atoms with Crippen molar-refractivity contribution in [3.05, 3.63) is 156 Å². The first-order chi connectivity index (χ1) is 23.4. The molecule has 48 heavy (non-hydrogen) atoms. The van der Waals surface area contributed by atoms with E-state index in [1.165, 1.54) is 104 Å². The summed E-state index contributed by atoms with van der Waals surface area (Å²) in [6.45, 7) is 9.10. The molecule has 9 aromatic carbocycles. The second-order valence-electron chi connectivity index (χ2n) is 13.9. The molecule has 0 aliphatic heterocycles. The smallest absolute Gasteiger partial charge is 0.0142 e. The third-order valence-electron chi connectivity index (χ3n) is 10.6. The van der Waals surface area contributed by atoms with E-state index < -0.39 is 0 Å². The maximum absolute atomic E-state index is 2.38. The summed E-state index contributed by atoms with van der Waals surface area (Å²) in [5.74, 6) is 0.457. The van der Waals surface area contributed by atoms with E-state index in [9.17, 15) is 0 Å². The summed E-state index contributed by atoms with van der Waals surface area (Å²) < 4.78 is 0. The molecule has 9 rings (SSSR count). The van der Waals surface area contributed by atoms with Crippen molar-refractivity contribution in [3.63, 3.8) is 0 Å². The predicted octanol–water partition coefficient (Wildman–Crippen LogP) is 13.9. The fraction of sp³-hybridized carbons (Fsp3) is 0.125. The average molecular weight is 615 g/mol. The fourth-order valence-corrected chi connectivity index (χ4v) is 8.06. The van der Waals surface area contributed by atoms with Gasteiger partial charge in [0.15, 0.2) is 0 Å². The molecular formula is C48H38. The summed E-state index contributed by atoms with van der Waals surface area (Å²) in [4.78, 5) is 0.